The summed E-state index contributed by atoms with van der Waals surface area (Å²) in [5.74, 6) is 0.465. The molecule has 0 amide bonds. The molecule has 1 aliphatic rings. The molecule has 1 aromatic carbocycles. The Balaban J connectivity index is 1.68. The van der Waals surface area contributed by atoms with Gasteiger partial charge in [0.2, 0.25) is 5.95 Å². The van der Waals surface area contributed by atoms with Crippen molar-refractivity contribution >= 4 is 32.9 Å². The van der Waals surface area contributed by atoms with Crippen LogP contribution in [0.4, 0.5) is 11.6 Å². The third-order valence-corrected chi connectivity index (χ3v) is 5.53. The van der Waals surface area contributed by atoms with E-state index in [9.17, 15) is 18.5 Å². The number of nitrogens with one attached hydrogen (secondary N) is 2. The minimum absolute atomic E-state index is 0.0143. The molecular formula is C12H16N6O4S. The zero-order chi connectivity index (χ0) is 16.8. The summed E-state index contributed by atoms with van der Waals surface area (Å²) in [6.07, 6.45) is 0. The quantitative estimate of drug-likeness (QED) is 0.598. The maximum Gasteiger partial charge on any atom is 0.281 e. The molecule has 0 bridgehead atoms. The number of nitro groups is 1. The Morgan fingerprint density at radius 1 is 1.43 bits per heavy atom. The van der Waals surface area contributed by atoms with Crippen molar-refractivity contribution in [1.29, 1.82) is 0 Å². The molecule has 11 heteroatoms. The molecule has 0 aliphatic carbocycles. The second-order valence-electron chi connectivity index (χ2n) is 5.49. The van der Waals surface area contributed by atoms with Crippen LogP contribution >= 0.6 is 0 Å². The van der Waals surface area contributed by atoms with Crippen LogP contribution in [0.2, 0.25) is 0 Å². The highest BCUT2D eigenvalue weighted by Gasteiger charge is 2.37. The lowest BCUT2D eigenvalue weighted by atomic mass is 10.2. The molecule has 1 fully saturated rings. The van der Waals surface area contributed by atoms with E-state index in [1.54, 1.807) is 6.07 Å². The number of aromatic amines is 1. The minimum Gasteiger partial charge on any atom is -0.350 e. The van der Waals surface area contributed by atoms with Gasteiger partial charge >= 0.3 is 0 Å². The Hall–Kier alpha value is -2.24. The van der Waals surface area contributed by atoms with Crippen molar-refractivity contribution in [3.8, 4) is 0 Å². The largest absolute Gasteiger partial charge is 0.350 e. The Kier molecular flexibility index (Phi) is 3.70. The highest BCUT2D eigenvalue weighted by molar-refractivity contribution is 7.86. The molecule has 0 radical (unpaired) electrons. The lowest BCUT2D eigenvalue weighted by Gasteiger charge is -2.39. The maximum absolute atomic E-state index is 11.9. The van der Waals surface area contributed by atoms with Gasteiger partial charge in [-0.3, -0.25) is 10.1 Å². The Morgan fingerprint density at radius 3 is 2.74 bits per heavy atom. The van der Waals surface area contributed by atoms with Gasteiger partial charge in [0.1, 0.15) is 0 Å². The van der Waals surface area contributed by atoms with Gasteiger partial charge in [-0.05, 0) is 6.07 Å². The molecule has 2 aromatic rings. The van der Waals surface area contributed by atoms with E-state index in [4.69, 9.17) is 0 Å². The van der Waals surface area contributed by atoms with Crippen LogP contribution in [0.3, 0.4) is 0 Å². The number of rotatable bonds is 5. The number of non-ortho nitro benzene ring substituents is 1. The molecule has 1 aliphatic heterocycles. The fourth-order valence-corrected chi connectivity index (χ4v) is 3.52. The molecule has 0 atom stereocenters. The van der Waals surface area contributed by atoms with E-state index in [1.165, 1.54) is 34.8 Å². The molecule has 23 heavy (non-hydrogen) atoms. The molecule has 10 nitrogen and oxygen atoms in total. The zero-order valence-corrected chi connectivity index (χ0v) is 13.4. The number of hydrogen-bond donors (Lipinski definition) is 2. The first-order chi connectivity index (χ1) is 10.8. The van der Waals surface area contributed by atoms with E-state index in [0.29, 0.717) is 30.1 Å². The number of nitro benzene ring substituents is 1. The third kappa shape index (κ3) is 2.85. The van der Waals surface area contributed by atoms with E-state index < -0.39 is 15.1 Å². The third-order valence-electron chi connectivity index (χ3n) is 3.65. The predicted octanol–water partition coefficient (Wildman–Crippen LogP) is 0.374. The number of nitrogens with zero attached hydrogens (tertiary/aromatic N) is 4. The lowest BCUT2D eigenvalue weighted by Crippen LogP contribution is -2.59. The SMILES string of the molecule is CN(C)S(=O)(=O)N1CC(Nc2nc3ccc([N+](=O)[O-])cc3[nH]2)C1. The van der Waals surface area contributed by atoms with Crippen LogP contribution in [0, 0.1) is 10.1 Å². The number of H-pyrrole nitrogens is 1. The number of aromatic nitrogens is 2. The summed E-state index contributed by atoms with van der Waals surface area (Å²) in [5, 5.41) is 13.9. The molecule has 3 rings (SSSR count). The average Bonchev–Trinajstić information content (AvgIpc) is 2.83. The first-order valence-electron chi connectivity index (χ1n) is 6.85. The summed E-state index contributed by atoms with van der Waals surface area (Å²) in [5.41, 5.74) is 1.15. The summed E-state index contributed by atoms with van der Waals surface area (Å²) >= 11 is 0. The monoisotopic (exact) mass is 340 g/mol. The van der Waals surface area contributed by atoms with Crippen molar-refractivity contribution in [1.82, 2.24) is 18.6 Å². The van der Waals surface area contributed by atoms with E-state index in [-0.39, 0.29) is 11.7 Å². The van der Waals surface area contributed by atoms with E-state index in [2.05, 4.69) is 15.3 Å². The fourth-order valence-electron chi connectivity index (χ4n) is 2.32. The van der Waals surface area contributed by atoms with Crippen molar-refractivity contribution < 1.29 is 13.3 Å². The van der Waals surface area contributed by atoms with Crippen molar-refractivity contribution in [3.63, 3.8) is 0 Å². The number of benzene rings is 1. The number of fused-ring (bicyclic) bond motifs is 1. The standard InChI is InChI=1S/C12H16N6O4S/c1-16(2)23(21,22)17-6-8(7-17)13-12-14-10-4-3-9(18(19)20)5-11(10)15-12/h3-5,8H,6-7H2,1-2H3,(H2,13,14,15). The van der Waals surface area contributed by atoms with Crippen molar-refractivity contribution in [2.24, 2.45) is 0 Å². The van der Waals surface area contributed by atoms with Crippen LogP contribution in [-0.2, 0) is 10.2 Å². The van der Waals surface area contributed by atoms with Gasteiger partial charge in [0, 0.05) is 39.3 Å². The summed E-state index contributed by atoms with van der Waals surface area (Å²) in [6.45, 7) is 0.690. The Bertz CT molecular complexity index is 856. The number of anilines is 1. The first kappa shape index (κ1) is 15.6. The maximum atomic E-state index is 11.9. The highest BCUT2D eigenvalue weighted by Crippen LogP contribution is 2.23. The molecule has 2 heterocycles. The molecular weight excluding hydrogens is 324 g/mol. The van der Waals surface area contributed by atoms with Gasteiger partial charge in [-0.2, -0.15) is 17.0 Å². The summed E-state index contributed by atoms with van der Waals surface area (Å²) in [4.78, 5) is 17.5. The second-order valence-corrected chi connectivity index (χ2v) is 7.63. The van der Waals surface area contributed by atoms with Crippen LogP contribution in [0.15, 0.2) is 18.2 Å². The van der Waals surface area contributed by atoms with Gasteiger partial charge in [0.05, 0.1) is 22.0 Å². The van der Waals surface area contributed by atoms with Crippen LogP contribution in [-0.4, -0.2) is 65.1 Å². The van der Waals surface area contributed by atoms with Gasteiger partial charge < -0.3 is 10.3 Å². The lowest BCUT2D eigenvalue weighted by molar-refractivity contribution is -0.384. The molecule has 1 aromatic heterocycles. The molecule has 1 saturated heterocycles. The molecule has 0 saturated carbocycles. The van der Waals surface area contributed by atoms with Gasteiger partial charge in [-0.1, -0.05) is 0 Å². The number of hydrogen-bond acceptors (Lipinski definition) is 6. The van der Waals surface area contributed by atoms with Crippen molar-refractivity contribution in [2.75, 3.05) is 32.5 Å². The summed E-state index contributed by atoms with van der Waals surface area (Å²) < 4.78 is 26.3. The summed E-state index contributed by atoms with van der Waals surface area (Å²) in [7, 11) is -0.407. The normalized spacial score (nSPS) is 16.7. The van der Waals surface area contributed by atoms with E-state index >= 15 is 0 Å². The molecule has 0 unspecified atom stereocenters. The highest BCUT2D eigenvalue weighted by atomic mass is 32.2. The molecule has 0 spiro atoms. The van der Waals surface area contributed by atoms with Gasteiger partial charge in [0.25, 0.3) is 15.9 Å². The van der Waals surface area contributed by atoms with Crippen LogP contribution in [0.25, 0.3) is 11.0 Å². The van der Waals surface area contributed by atoms with Crippen LogP contribution in [0.1, 0.15) is 0 Å². The first-order valence-corrected chi connectivity index (χ1v) is 8.25. The van der Waals surface area contributed by atoms with Gasteiger partial charge in [0.15, 0.2) is 0 Å². The van der Waals surface area contributed by atoms with Gasteiger partial charge in [-0.25, -0.2) is 4.98 Å². The molecule has 124 valence electrons. The average molecular weight is 340 g/mol. The predicted molar refractivity (Wildman–Crippen MR) is 84.3 cm³/mol. The Labute approximate surface area is 132 Å². The topological polar surface area (TPSA) is 124 Å². The minimum atomic E-state index is -3.38. The van der Waals surface area contributed by atoms with E-state index in [0.717, 1.165) is 0 Å². The van der Waals surface area contributed by atoms with Crippen molar-refractivity contribution in [2.45, 2.75) is 6.04 Å². The smallest absolute Gasteiger partial charge is 0.281 e. The number of imidazole rings is 1. The molecule has 2 N–H and O–H groups in total. The fraction of sp³-hybridized carbons (Fsp3) is 0.417. The van der Waals surface area contributed by atoms with Crippen molar-refractivity contribution in [3.05, 3.63) is 28.3 Å². The van der Waals surface area contributed by atoms with Gasteiger partial charge in [-0.15, -0.1) is 0 Å². The Morgan fingerprint density at radius 2 is 2.13 bits per heavy atom. The van der Waals surface area contributed by atoms with E-state index in [1.807, 2.05) is 0 Å². The van der Waals surface area contributed by atoms with Crippen LogP contribution < -0.4 is 5.32 Å². The zero-order valence-electron chi connectivity index (χ0n) is 12.6. The second kappa shape index (κ2) is 5.44. The van der Waals surface area contributed by atoms with Crippen LogP contribution in [0.5, 0.6) is 0 Å². The summed E-state index contributed by atoms with van der Waals surface area (Å²) in [6, 6.07) is 4.32.